The van der Waals surface area contributed by atoms with Crippen molar-refractivity contribution >= 4 is 29.5 Å². The fourth-order valence-electron chi connectivity index (χ4n) is 3.58. The Balaban J connectivity index is 1.88. The minimum absolute atomic E-state index is 0.0334. The van der Waals surface area contributed by atoms with Crippen LogP contribution >= 0.6 is 0 Å². The second-order valence-electron chi connectivity index (χ2n) is 7.93. The number of esters is 1. The van der Waals surface area contributed by atoms with Crippen molar-refractivity contribution in [3.8, 4) is 11.5 Å². The van der Waals surface area contributed by atoms with E-state index in [4.69, 9.17) is 14.2 Å². The summed E-state index contributed by atoms with van der Waals surface area (Å²) in [7, 11) is 2.82. The van der Waals surface area contributed by atoms with Crippen LogP contribution in [-0.4, -0.2) is 44.7 Å². The van der Waals surface area contributed by atoms with Crippen molar-refractivity contribution in [2.24, 2.45) is 0 Å². The molecule has 0 aromatic heterocycles. The van der Waals surface area contributed by atoms with Gasteiger partial charge in [0, 0.05) is 17.8 Å². The van der Waals surface area contributed by atoms with Crippen molar-refractivity contribution in [2.75, 3.05) is 25.7 Å². The molecule has 2 aromatic rings. The Hall–Kier alpha value is -4.07. The number of nitrogens with one attached hydrogen (secondary N) is 1. The second kappa shape index (κ2) is 10.7. The molecule has 0 atom stereocenters. The fraction of sp³-hybridized carbons (Fsp3) is 0.269. The number of amides is 2. The van der Waals surface area contributed by atoms with Gasteiger partial charge in [-0.1, -0.05) is 18.2 Å². The number of hydrogen-bond acceptors (Lipinski definition) is 6. The van der Waals surface area contributed by atoms with Crippen molar-refractivity contribution in [2.45, 2.75) is 26.8 Å². The Kier molecular flexibility index (Phi) is 7.73. The Morgan fingerprint density at radius 3 is 2.38 bits per heavy atom. The van der Waals surface area contributed by atoms with Gasteiger partial charge in [-0.05, 0) is 56.7 Å². The molecular formula is C26H28N2O6. The summed E-state index contributed by atoms with van der Waals surface area (Å²) >= 11 is 0. The van der Waals surface area contributed by atoms with Crippen molar-refractivity contribution in [1.29, 1.82) is 0 Å². The molecule has 0 saturated heterocycles. The molecule has 1 heterocycles. The van der Waals surface area contributed by atoms with Crippen LogP contribution in [0.15, 0.2) is 65.4 Å². The van der Waals surface area contributed by atoms with E-state index >= 15 is 0 Å². The summed E-state index contributed by atoms with van der Waals surface area (Å²) in [5, 5.41) is 2.76. The van der Waals surface area contributed by atoms with Gasteiger partial charge in [0.15, 0.2) is 6.61 Å². The first-order valence-corrected chi connectivity index (χ1v) is 10.8. The number of nitrogens with zero attached hydrogens (tertiary/aromatic N) is 1. The number of allylic oxidation sites excluding steroid dienone is 1. The van der Waals surface area contributed by atoms with Gasteiger partial charge in [0.25, 0.3) is 11.8 Å². The highest BCUT2D eigenvalue weighted by atomic mass is 16.5. The zero-order valence-electron chi connectivity index (χ0n) is 19.9. The number of rotatable bonds is 8. The second-order valence-corrected chi connectivity index (χ2v) is 7.93. The lowest BCUT2D eigenvalue weighted by Gasteiger charge is -2.18. The van der Waals surface area contributed by atoms with Crippen LogP contribution in [0.25, 0.3) is 6.08 Å². The first-order chi connectivity index (χ1) is 16.2. The first kappa shape index (κ1) is 24.6. The summed E-state index contributed by atoms with van der Waals surface area (Å²) in [6.45, 7) is 5.35. The number of hydrogen-bond donors (Lipinski definition) is 1. The molecule has 2 amide bonds. The predicted molar refractivity (Wildman–Crippen MR) is 128 cm³/mol. The van der Waals surface area contributed by atoms with E-state index in [1.165, 1.54) is 12.0 Å². The average molecular weight is 465 g/mol. The Morgan fingerprint density at radius 1 is 1.06 bits per heavy atom. The van der Waals surface area contributed by atoms with Crippen LogP contribution in [0.3, 0.4) is 0 Å². The molecular weight excluding hydrogens is 436 g/mol. The zero-order chi connectivity index (χ0) is 24.8. The number of ether oxygens (including phenoxy) is 3. The van der Waals surface area contributed by atoms with Gasteiger partial charge in [-0.3, -0.25) is 14.5 Å². The van der Waals surface area contributed by atoms with Crippen molar-refractivity contribution in [3.05, 3.63) is 70.9 Å². The van der Waals surface area contributed by atoms with Crippen LogP contribution < -0.4 is 19.7 Å². The van der Waals surface area contributed by atoms with Crippen LogP contribution in [0.2, 0.25) is 0 Å². The molecule has 0 unspecified atom stereocenters. The number of anilines is 1. The topological polar surface area (TPSA) is 94.2 Å². The minimum Gasteiger partial charge on any atom is -0.497 e. The fourth-order valence-corrected chi connectivity index (χ4v) is 3.58. The van der Waals surface area contributed by atoms with E-state index in [1.54, 1.807) is 68.6 Å². The zero-order valence-corrected chi connectivity index (χ0v) is 19.9. The average Bonchev–Trinajstić information content (AvgIpc) is 3.06. The van der Waals surface area contributed by atoms with E-state index in [9.17, 15) is 14.4 Å². The third-order valence-electron chi connectivity index (χ3n) is 5.11. The SMILES string of the molecule is COC(=O)C1=C(C)N(c2cccc(OC)c2)C(=O)/C1=C\c1ccc(OCC(=O)NC(C)C)cc1. The standard InChI is InChI=1S/C26H28N2O6/c1-16(2)27-23(29)15-34-20-11-9-18(10-12-20)13-22-24(26(31)33-5)17(3)28(25(22)30)19-7-6-8-21(14-19)32-4/h6-14,16H,15H2,1-5H3,(H,27,29)/b22-13-. The maximum absolute atomic E-state index is 13.4. The normalized spacial score (nSPS) is 14.6. The van der Waals surface area contributed by atoms with Gasteiger partial charge >= 0.3 is 5.97 Å². The minimum atomic E-state index is -0.599. The molecule has 0 fully saturated rings. The molecule has 178 valence electrons. The van der Waals surface area contributed by atoms with Crippen molar-refractivity contribution < 1.29 is 28.6 Å². The van der Waals surface area contributed by atoms with E-state index in [0.29, 0.717) is 28.4 Å². The molecule has 1 aliphatic rings. The maximum atomic E-state index is 13.4. The van der Waals surface area contributed by atoms with Gasteiger partial charge in [-0.25, -0.2) is 4.79 Å². The highest BCUT2D eigenvalue weighted by Crippen LogP contribution is 2.36. The van der Waals surface area contributed by atoms with E-state index in [1.807, 2.05) is 13.8 Å². The molecule has 2 aromatic carbocycles. The Labute approximate surface area is 198 Å². The van der Waals surface area contributed by atoms with Gasteiger partial charge in [0.1, 0.15) is 11.5 Å². The van der Waals surface area contributed by atoms with Gasteiger partial charge in [-0.2, -0.15) is 0 Å². The molecule has 1 aliphatic heterocycles. The lowest BCUT2D eigenvalue weighted by atomic mass is 10.0. The molecule has 0 bridgehead atoms. The van der Waals surface area contributed by atoms with E-state index in [2.05, 4.69) is 5.32 Å². The summed E-state index contributed by atoms with van der Waals surface area (Å²) in [5.41, 5.74) is 2.14. The molecule has 3 rings (SSSR count). The highest BCUT2D eigenvalue weighted by molar-refractivity contribution is 6.23. The number of benzene rings is 2. The number of carbonyl (C=O) groups is 3. The molecule has 8 heteroatoms. The smallest absolute Gasteiger partial charge is 0.340 e. The van der Waals surface area contributed by atoms with Crippen LogP contribution in [0.1, 0.15) is 26.3 Å². The summed E-state index contributed by atoms with van der Waals surface area (Å²) in [6.07, 6.45) is 1.63. The van der Waals surface area contributed by atoms with E-state index < -0.39 is 5.97 Å². The molecule has 0 saturated carbocycles. The van der Waals surface area contributed by atoms with Crippen LogP contribution in [0, 0.1) is 0 Å². The Bertz CT molecular complexity index is 1150. The molecule has 8 nitrogen and oxygen atoms in total. The third kappa shape index (κ3) is 5.46. The molecule has 1 N–H and O–H groups in total. The first-order valence-electron chi connectivity index (χ1n) is 10.8. The van der Waals surface area contributed by atoms with Crippen molar-refractivity contribution in [3.63, 3.8) is 0 Å². The monoisotopic (exact) mass is 464 g/mol. The molecule has 34 heavy (non-hydrogen) atoms. The molecule has 0 radical (unpaired) electrons. The van der Waals surface area contributed by atoms with Crippen LogP contribution in [0.5, 0.6) is 11.5 Å². The third-order valence-corrected chi connectivity index (χ3v) is 5.11. The van der Waals surface area contributed by atoms with Crippen LogP contribution in [0.4, 0.5) is 5.69 Å². The summed E-state index contributed by atoms with van der Waals surface area (Å²) < 4.78 is 15.7. The van der Waals surface area contributed by atoms with Gasteiger partial charge in [0.2, 0.25) is 0 Å². The summed E-state index contributed by atoms with van der Waals surface area (Å²) in [4.78, 5) is 39.2. The van der Waals surface area contributed by atoms with E-state index in [0.717, 1.165) is 0 Å². The maximum Gasteiger partial charge on any atom is 0.340 e. The largest absolute Gasteiger partial charge is 0.497 e. The molecule has 0 aliphatic carbocycles. The van der Waals surface area contributed by atoms with Gasteiger partial charge in [-0.15, -0.1) is 0 Å². The number of carbonyl (C=O) groups excluding carboxylic acids is 3. The highest BCUT2D eigenvalue weighted by Gasteiger charge is 2.38. The Morgan fingerprint density at radius 2 is 1.76 bits per heavy atom. The summed E-state index contributed by atoms with van der Waals surface area (Å²) in [6, 6.07) is 14.0. The molecule has 0 spiro atoms. The van der Waals surface area contributed by atoms with Gasteiger partial charge < -0.3 is 19.5 Å². The summed E-state index contributed by atoms with van der Waals surface area (Å²) in [5.74, 6) is -0.0568. The van der Waals surface area contributed by atoms with Gasteiger partial charge in [0.05, 0.1) is 31.1 Å². The quantitative estimate of drug-likeness (QED) is 0.475. The lowest BCUT2D eigenvalue weighted by molar-refractivity contribution is -0.136. The number of methoxy groups -OCH3 is 2. The lowest BCUT2D eigenvalue weighted by Crippen LogP contribution is -2.34. The van der Waals surface area contributed by atoms with Crippen LogP contribution in [-0.2, 0) is 19.1 Å². The van der Waals surface area contributed by atoms with Crippen molar-refractivity contribution in [1.82, 2.24) is 5.32 Å². The van der Waals surface area contributed by atoms with E-state index in [-0.39, 0.29) is 35.6 Å². The predicted octanol–water partition coefficient (Wildman–Crippen LogP) is 3.48.